The van der Waals surface area contributed by atoms with Crippen LogP contribution in [-0.4, -0.2) is 42.1 Å². The molecule has 19 heavy (non-hydrogen) atoms. The molecule has 6 nitrogen and oxygen atoms in total. The molecule has 1 rings (SSSR count). The number of aromatic nitrogens is 2. The van der Waals surface area contributed by atoms with Gasteiger partial charge in [-0.2, -0.15) is 9.97 Å². The largest absolute Gasteiger partial charge is 0.383 e. The highest BCUT2D eigenvalue weighted by molar-refractivity contribution is 5.58. The summed E-state index contributed by atoms with van der Waals surface area (Å²) in [6, 6.07) is 0. The lowest BCUT2D eigenvalue weighted by atomic mass is 9.97. The van der Waals surface area contributed by atoms with E-state index in [0.29, 0.717) is 5.82 Å². The molecule has 1 aromatic rings. The van der Waals surface area contributed by atoms with Crippen LogP contribution in [0.3, 0.4) is 0 Å². The molecule has 0 radical (unpaired) electrons. The van der Waals surface area contributed by atoms with Gasteiger partial charge in [0, 0.05) is 18.7 Å². The number of nitrogen functional groups attached to an aromatic ring is 2. The average molecular weight is 266 g/mol. The smallest absolute Gasteiger partial charge is 0.223 e. The molecule has 6 heteroatoms. The molecule has 0 bridgehead atoms. The fourth-order valence-electron chi connectivity index (χ4n) is 1.60. The van der Waals surface area contributed by atoms with Crippen LogP contribution in [0.2, 0.25) is 0 Å². The first-order valence-electron chi connectivity index (χ1n) is 6.49. The Kier molecular flexibility index (Phi) is 4.94. The van der Waals surface area contributed by atoms with Crippen LogP contribution in [0, 0.1) is 5.41 Å². The number of nitrogens with zero attached hydrogens (tertiary/aromatic N) is 3. The Morgan fingerprint density at radius 3 is 2.32 bits per heavy atom. The third-order valence-corrected chi connectivity index (χ3v) is 2.65. The Morgan fingerprint density at radius 1 is 1.16 bits per heavy atom. The minimum atomic E-state index is 0.160. The van der Waals surface area contributed by atoms with E-state index >= 15 is 0 Å². The van der Waals surface area contributed by atoms with Gasteiger partial charge in [-0.1, -0.05) is 20.8 Å². The van der Waals surface area contributed by atoms with Crippen LogP contribution in [0.25, 0.3) is 0 Å². The summed E-state index contributed by atoms with van der Waals surface area (Å²) in [7, 11) is 4.05. The average Bonchev–Trinajstić information content (AvgIpc) is 2.23. The zero-order valence-corrected chi connectivity index (χ0v) is 12.6. The van der Waals surface area contributed by atoms with E-state index in [2.05, 4.69) is 41.0 Å². The Bertz CT molecular complexity index is 422. The number of hydrogen-bond acceptors (Lipinski definition) is 6. The van der Waals surface area contributed by atoms with Crippen LogP contribution >= 0.6 is 0 Å². The molecule has 0 aromatic carbocycles. The molecule has 0 amide bonds. The van der Waals surface area contributed by atoms with Gasteiger partial charge in [0.15, 0.2) is 0 Å². The summed E-state index contributed by atoms with van der Waals surface area (Å²) in [6.07, 6.45) is 0.797. The number of nitrogens with one attached hydrogen (secondary N) is 1. The zero-order chi connectivity index (χ0) is 14.6. The van der Waals surface area contributed by atoms with Crippen LogP contribution < -0.4 is 16.8 Å². The van der Waals surface area contributed by atoms with E-state index in [4.69, 9.17) is 11.5 Å². The molecule has 0 aliphatic rings. The Labute approximate surface area is 115 Å². The van der Waals surface area contributed by atoms with Crippen molar-refractivity contribution in [1.29, 1.82) is 0 Å². The topological polar surface area (TPSA) is 93.1 Å². The fourth-order valence-corrected chi connectivity index (χ4v) is 1.60. The summed E-state index contributed by atoms with van der Waals surface area (Å²) in [5.74, 6) is 1.43. The maximum absolute atomic E-state index is 5.96. The predicted octanol–water partition coefficient (Wildman–Crippen LogP) is 1.20. The first-order valence-corrected chi connectivity index (χ1v) is 6.49. The van der Waals surface area contributed by atoms with Crippen LogP contribution in [0.4, 0.5) is 17.6 Å². The van der Waals surface area contributed by atoms with Gasteiger partial charge < -0.3 is 21.7 Å². The third-order valence-electron chi connectivity index (χ3n) is 2.65. The van der Waals surface area contributed by atoms with Gasteiger partial charge in [0.2, 0.25) is 5.95 Å². The standard InChI is InChI=1S/C13H26N6/c1-13(2,3)8-16-11-9(6-7-19(4)5)10(14)17-12(15)18-11/h6-8H2,1-5H3,(H5,14,15,16,17,18). The van der Waals surface area contributed by atoms with Gasteiger partial charge in [-0.25, -0.2) is 0 Å². The normalized spacial score (nSPS) is 11.9. The lowest BCUT2D eigenvalue weighted by Gasteiger charge is -2.21. The van der Waals surface area contributed by atoms with Crippen molar-refractivity contribution in [2.24, 2.45) is 5.41 Å². The number of hydrogen-bond donors (Lipinski definition) is 3. The maximum Gasteiger partial charge on any atom is 0.223 e. The maximum atomic E-state index is 5.96. The Balaban J connectivity index is 2.92. The van der Waals surface area contributed by atoms with Crippen molar-refractivity contribution < 1.29 is 0 Å². The number of likely N-dealkylation sites (N-methyl/N-ethyl adjacent to an activating group) is 1. The lowest BCUT2D eigenvalue weighted by molar-refractivity contribution is 0.413. The molecule has 0 atom stereocenters. The van der Waals surface area contributed by atoms with E-state index in [9.17, 15) is 0 Å². The van der Waals surface area contributed by atoms with E-state index < -0.39 is 0 Å². The lowest BCUT2D eigenvalue weighted by Crippen LogP contribution is -2.23. The molecule has 108 valence electrons. The summed E-state index contributed by atoms with van der Waals surface area (Å²) in [5.41, 5.74) is 12.7. The summed E-state index contributed by atoms with van der Waals surface area (Å²) < 4.78 is 0. The van der Waals surface area contributed by atoms with Crippen LogP contribution in [0.1, 0.15) is 26.3 Å². The third kappa shape index (κ3) is 5.30. The van der Waals surface area contributed by atoms with Gasteiger partial charge in [-0.05, 0) is 25.9 Å². The van der Waals surface area contributed by atoms with Gasteiger partial charge in [-0.3, -0.25) is 0 Å². The van der Waals surface area contributed by atoms with Crippen molar-refractivity contribution in [1.82, 2.24) is 14.9 Å². The Hall–Kier alpha value is -1.56. The minimum absolute atomic E-state index is 0.160. The highest BCUT2D eigenvalue weighted by atomic mass is 15.1. The molecule has 0 spiro atoms. The van der Waals surface area contributed by atoms with Gasteiger partial charge >= 0.3 is 0 Å². The summed E-state index contributed by atoms with van der Waals surface area (Å²) in [6.45, 7) is 8.17. The number of nitrogens with two attached hydrogens (primary N) is 2. The van der Waals surface area contributed by atoms with E-state index in [1.807, 2.05) is 14.1 Å². The second-order valence-electron chi connectivity index (χ2n) is 6.26. The first kappa shape index (κ1) is 15.5. The molecule has 0 aliphatic heterocycles. The summed E-state index contributed by atoms with van der Waals surface area (Å²) in [5, 5.41) is 3.33. The Morgan fingerprint density at radius 2 is 1.79 bits per heavy atom. The van der Waals surface area contributed by atoms with Crippen molar-refractivity contribution in [3.8, 4) is 0 Å². The number of anilines is 3. The van der Waals surface area contributed by atoms with Crippen molar-refractivity contribution >= 4 is 17.6 Å². The van der Waals surface area contributed by atoms with E-state index in [0.717, 1.165) is 30.9 Å². The van der Waals surface area contributed by atoms with Gasteiger partial charge in [0.25, 0.3) is 0 Å². The van der Waals surface area contributed by atoms with Crippen LogP contribution in [0.5, 0.6) is 0 Å². The highest BCUT2D eigenvalue weighted by Gasteiger charge is 2.15. The van der Waals surface area contributed by atoms with Crippen molar-refractivity contribution in [2.75, 3.05) is 44.0 Å². The molecule has 0 unspecified atom stereocenters. The zero-order valence-electron chi connectivity index (χ0n) is 12.6. The van der Waals surface area contributed by atoms with Crippen molar-refractivity contribution in [3.63, 3.8) is 0 Å². The molecule has 1 heterocycles. The molecular formula is C13H26N6. The predicted molar refractivity (Wildman–Crippen MR) is 81.1 cm³/mol. The molecular weight excluding hydrogens is 240 g/mol. The van der Waals surface area contributed by atoms with Crippen LogP contribution in [0.15, 0.2) is 0 Å². The van der Waals surface area contributed by atoms with Crippen molar-refractivity contribution in [3.05, 3.63) is 5.56 Å². The van der Waals surface area contributed by atoms with Gasteiger partial charge in [-0.15, -0.1) is 0 Å². The van der Waals surface area contributed by atoms with Gasteiger partial charge in [0.1, 0.15) is 11.6 Å². The second kappa shape index (κ2) is 6.06. The van der Waals surface area contributed by atoms with Gasteiger partial charge in [0.05, 0.1) is 0 Å². The van der Waals surface area contributed by atoms with Crippen LogP contribution in [-0.2, 0) is 6.42 Å². The SMILES string of the molecule is CN(C)CCc1c(N)nc(N)nc1NCC(C)(C)C. The molecule has 0 aliphatic carbocycles. The van der Waals surface area contributed by atoms with Crippen molar-refractivity contribution in [2.45, 2.75) is 27.2 Å². The molecule has 5 N–H and O–H groups in total. The monoisotopic (exact) mass is 266 g/mol. The highest BCUT2D eigenvalue weighted by Crippen LogP contribution is 2.22. The fraction of sp³-hybridized carbons (Fsp3) is 0.692. The van der Waals surface area contributed by atoms with E-state index in [1.54, 1.807) is 0 Å². The summed E-state index contributed by atoms with van der Waals surface area (Å²) >= 11 is 0. The second-order valence-corrected chi connectivity index (χ2v) is 6.26. The minimum Gasteiger partial charge on any atom is -0.383 e. The van der Waals surface area contributed by atoms with E-state index in [-0.39, 0.29) is 11.4 Å². The molecule has 0 fully saturated rings. The first-order chi connectivity index (χ1) is 8.69. The molecule has 0 saturated carbocycles. The summed E-state index contributed by atoms with van der Waals surface area (Å²) in [4.78, 5) is 10.4. The molecule has 0 saturated heterocycles. The quantitative estimate of drug-likeness (QED) is 0.741. The number of rotatable bonds is 5. The van der Waals surface area contributed by atoms with E-state index in [1.165, 1.54) is 0 Å². The molecule has 1 aromatic heterocycles.